The van der Waals surface area contributed by atoms with Crippen molar-refractivity contribution >= 4 is 29.3 Å². The largest absolute Gasteiger partial charge is 0.493 e. The van der Waals surface area contributed by atoms with Gasteiger partial charge in [-0.25, -0.2) is 9.59 Å². The molecule has 1 aliphatic carbocycles. The summed E-state index contributed by atoms with van der Waals surface area (Å²) in [5.41, 5.74) is 2.08. The van der Waals surface area contributed by atoms with Crippen LogP contribution in [0.2, 0.25) is 5.02 Å². The zero-order chi connectivity index (χ0) is 32.1. The number of carbonyl (C=O) groups excluding carboxylic acids is 1. The van der Waals surface area contributed by atoms with Gasteiger partial charge in [-0.1, -0.05) is 23.7 Å². The molecule has 3 unspecified atom stereocenters. The number of likely N-dealkylation sites (tertiary alicyclic amines) is 2. The number of halogens is 4. The SMILES string of the molecule is COc1ccc(C23CCC(NC(=O)Nc4cccc(Cl)c4)CC2N(C2CCN(C)CC2)CC3)cc1OC.O=C(O)C(F)(F)F. The fourth-order valence-electron chi connectivity index (χ4n) is 6.88. The van der Waals surface area contributed by atoms with Crippen molar-refractivity contribution in [2.24, 2.45) is 0 Å². The Kier molecular flexibility index (Phi) is 10.9. The molecule has 9 nitrogen and oxygen atoms in total. The zero-order valence-corrected chi connectivity index (χ0v) is 25.9. The molecule has 0 aromatic heterocycles. The quantitative estimate of drug-likeness (QED) is 0.368. The number of ether oxygens (including phenoxy) is 2. The van der Waals surface area contributed by atoms with Gasteiger partial charge in [0.15, 0.2) is 11.5 Å². The standard InChI is InChI=1S/C29H39ClN4O3.C2HF3O2/c1-33-14-10-24(11-15-33)34-16-13-29(20-7-8-25(36-2)26(17-20)37-3)12-9-23(19-27(29)34)32-28(35)31-22-6-4-5-21(30)18-22;3-2(4,5)1(6)7/h4-8,17-18,23-24,27H,9-16,19H2,1-3H3,(H2,31,32,35);(H,6,7). The Morgan fingerprint density at radius 1 is 1.00 bits per heavy atom. The molecule has 5 rings (SSSR count). The van der Waals surface area contributed by atoms with Crippen molar-refractivity contribution in [3.05, 3.63) is 53.1 Å². The summed E-state index contributed by atoms with van der Waals surface area (Å²) in [5, 5.41) is 14.0. The Morgan fingerprint density at radius 3 is 2.30 bits per heavy atom. The van der Waals surface area contributed by atoms with Crippen LogP contribution in [0.5, 0.6) is 11.5 Å². The molecule has 3 atom stereocenters. The minimum atomic E-state index is -5.08. The van der Waals surface area contributed by atoms with Crippen LogP contribution in [-0.4, -0.2) is 92.1 Å². The van der Waals surface area contributed by atoms with Gasteiger partial charge in [-0.05, 0) is 101 Å². The van der Waals surface area contributed by atoms with E-state index in [9.17, 15) is 18.0 Å². The number of carboxylic acids is 1. The molecule has 2 amide bonds. The summed E-state index contributed by atoms with van der Waals surface area (Å²) < 4.78 is 43.0. The first-order valence-corrected chi connectivity index (χ1v) is 15.0. The number of hydrogen-bond donors (Lipinski definition) is 3. The van der Waals surface area contributed by atoms with E-state index in [1.165, 1.54) is 18.4 Å². The van der Waals surface area contributed by atoms with E-state index in [2.05, 4.69) is 39.6 Å². The van der Waals surface area contributed by atoms with Gasteiger partial charge in [0.05, 0.1) is 14.2 Å². The van der Waals surface area contributed by atoms with Crippen molar-refractivity contribution in [2.75, 3.05) is 46.2 Å². The summed E-state index contributed by atoms with van der Waals surface area (Å²) in [5.74, 6) is -1.21. The fourth-order valence-corrected chi connectivity index (χ4v) is 7.07. The second-order valence-electron chi connectivity index (χ2n) is 11.6. The highest BCUT2D eigenvalue weighted by Crippen LogP contribution is 2.51. The molecule has 0 spiro atoms. The second-order valence-corrected chi connectivity index (χ2v) is 12.1. The predicted octanol–water partition coefficient (Wildman–Crippen LogP) is 5.77. The van der Waals surface area contributed by atoms with Crippen molar-refractivity contribution in [3.63, 3.8) is 0 Å². The first kappa shape index (κ1) is 33.7. The Morgan fingerprint density at radius 2 is 1.68 bits per heavy atom. The first-order chi connectivity index (χ1) is 20.9. The average Bonchev–Trinajstić information content (AvgIpc) is 3.37. The first-order valence-electron chi connectivity index (χ1n) is 14.7. The number of carbonyl (C=O) groups is 2. The zero-order valence-electron chi connectivity index (χ0n) is 25.1. The number of hydrogen-bond acceptors (Lipinski definition) is 6. The molecular formula is C31H40ClF3N4O5. The van der Waals surface area contributed by atoms with E-state index in [-0.39, 0.29) is 17.5 Å². The van der Waals surface area contributed by atoms with Crippen molar-refractivity contribution in [1.82, 2.24) is 15.1 Å². The van der Waals surface area contributed by atoms with Gasteiger partial charge in [-0.3, -0.25) is 4.90 Å². The van der Waals surface area contributed by atoms with E-state index < -0.39 is 12.1 Å². The van der Waals surface area contributed by atoms with Gasteiger partial charge in [0.25, 0.3) is 0 Å². The van der Waals surface area contributed by atoms with Crippen molar-refractivity contribution in [3.8, 4) is 11.5 Å². The number of anilines is 1. The number of piperidine rings is 1. The number of aliphatic carboxylic acids is 1. The van der Waals surface area contributed by atoms with Crippen LogP contribution in [0.1, 0.15) is 44.1 Å². The van der Waals surface area contributed by atoms with Crippen molar-refractivity contribution in [2.45, 2.75) is 68.2 Å². The van der Waals surface area contributed by atoms with Crippen LogP contribution in [0.4, 0.5) is 23.7 Å². The number of carboxylic acid groups (broad SMARTS) is 1. The summed E-state index contributed by atoms with van der Waals surface area (Å²) in [6.07, 6.45) is 1.34. The minimum absolute atomic E-state index is 0.0461. The number of nitrogens with one attached hydrogen (secondary N) is 2. The molecule has 242 valence electrons. The molecule has 1 saturated carbocycles. The van der Waals surface area contributed by atoms with Gasteiger partial charge in [0.1, 0.15) is 0 Å². The van der Waals surface area contributed by atoms with Crippen LogP contribution >= 0.6 is 11.6 Å². The van der Waals surface area contributed by atoms with Gasteiger partial charge >= 0.3 is 18.2 Å². The van der Waals surface area contributed by atoms with Crippen LogP contribution in [0.25, 0.3) is 0 Å². The Labute approximate surface area is 260 Å². The lowest BCUT2D eigenvalue weighted by Crippen LogP contribution is -2.56. The minimum Gasteiger partial charge on any atom is -0.493 e. The average molecular weight is 641 g/mol. The normalized spacial score (nSPS) is 24.4. The van der Waals surface area contributed by atoms with Gasteiger partial charge < -0.3 is 30.1 Å². The van der Waals surface area contributed by atoms with Gasteiger partial charge in [0.2, 0.25) is 0 Å². The number of benzene rings is 2. The molecule has 2 aliphatic heterocycles. The van der Waals surface area contributed by atoms with E-state index in [0.29, 0.717) is 22.8 Å². The molecule has 2 heterocycles. The predicted molar refractivity (Wildman–Crippen MR) is 162 cm³/mol. The van der Waals surface area contributed by atoms with Gasteiger partial charge in [-0.15, -0.1) is 0 Å². The van der Waals surface area contributed by atoms with Crippen molar-refractivity contribution in [1.29, 1.82) is 0 Å². The van der Waals surface area contributed by atoms with Gasteiger partial charge in [-0.2, -0.15) is 13.2 Å². The maximum Gasteiger partial charge on any atom is 0.490 e. The van der Waals surface area contributed by atoms with Crippen LogP contribution in [0.15, 0.2) is 42.5 Å². The maximum absolute atomic E-state index is 12.9. The molecule has 2 saturated heterocycles. The van der Waals surface area contributed by atoms with Gasteiger partial charge in [0, 0.05) is 34.3 Å². The summed E-state index contributed by atoms with van der Waals surface area (Å²) in [7, 11) is 5.60. The Balaban J connectivity index is 0.000000566. The number of amides is 2. The molecule has 44 heavy (non-hydrogen) atoms. The highest BCUT2D eigenvalue weighted by molar-refractivity contribution is 6.30. The number of fused-ring (bicyclic) bond motifs is 1. The fraction of sp³-hybridized carbons (Fsp3) is 0.548. The Hall–Kier alpha value is -3.22. The lowest BCUT2D eigenvalue weighted by atomic mass is 9.65. The summed E-state index contributed by atoms with van der Waals surface area (Å²) in [4.78, 5) is 27.0. The van der Waals surface area contributed by atoms with E-state index in [1.54, 1.807) is 26.4 Å². The highest BCUT2D eigenvalue weighted by Gasteiger charge is 2.53. The summed E-state index contributed by atoms with van der Waals surface area (Å²) in [6, 6.07) is 14.6. The second kappa shape index (κ2) is 14.3. The molecule has 3 fully saturated rings. The Bertz CT molecular complexity index is 1310. The van der Waals surface area contributed by atoms with E-state index in [4.69, 9.17) is 31.0 Å². The third-order valence-corrected chi connectivity index (χ3v) is 9.31. The molecule has 13 heteroatoms. The molecular weight excluding hydrogens is 601 g/mol. The summed E-state index contributed by atoms with van der Waals surface area (Å²) in [6.45, 7) is 3.37. The molecule has 0 radical (unpaired) electrons. The third kappa shape index (κ3) is 7.89. The highest BCUT2D eigenvalue weighted by atomic mass is 35.5. The number of nitrogens with zero attached hydrogens (tertiary/aromatic N) is 2. The van der Waals surface area contributed by atoms with E-state index in [0.717, 1.165) is 56.8 Å². The van der Waals surface area contributed by atoms with Crippen LogP contribution in [0, 0.1) is 0 Å². The van der Waals surface area contributed by atoms with Crippen LogP contribution in [-0.2, 0) is 10.2 Å². The maximum atomic E-state index is 12.9. The monoisotopic (exact) mass is 640 g/mol. The molecule has 2 aromatic carbocycles. The number of alkyl halides is 3. The third-order valence-electron chi connectivity index (χ3n) is 9.08. The number of urea groups is 1. The smallest absolute Gasteiger partial charge is 0.490 e. The van der Waals surface area contributed by atoms with Crippen LogP contribution in [0.3, 0.4) is 0 Å². The summed E-state index contributed by atoms with van der Waals surface area (Å²) >= 11 is 6.10. The van der Waals surface area contributed by atoms with E-state index in [1.807, 2.05) is 18.2 Å². The van der Waals surface area contributed by atoms with E-state index >= 15 is 0 Å². The topological polar surface area (TPSA) is 103 Å². The molecule has 0 bridgehead atoms. The van der Waals surface area contributed by atoms with Crippen molar-refractivity contribution < 1.29 is 37.3 Å². The molecule has 2 aromatic rings. The number of rotatable bonds is 6. The van der Waals surface area contributed by atoms with Crippen LogP contribution < -0.4 is 20.1 Å². The molecule has 3 N–H and O–H groups in total. The lowest BCUT2D eigenvalue weighted by molar-refractivity contribution is -0.192. The lowest BCUT2D eigenvalue weighted by Gasteiger charge is -2.48. The number of methoxy groups -OCH3 is 2. The molecule has 3 aliphatic rings.